The second-order valence-electron chi connectivity index (χ2n) is 6.74. The SMILES string of the molecule is CCC(C)(C)C(=O)OC1CCC(C(F)(F)C(O)C(F)(F)F)CC1. The standard InChI is InChI=1S/C15H23F5O3/c1-4-13(2,3)12(22)23-10-7-5-9(6-8-10)14(16,17)11(21)15(18,19)20/h9-11,21H,4-8H2,1-3H3. The molecule has 0 amide bonds. The van der Waals surface area contributed by atoms with Gasteiger partial charge < -0.3 is 9.84 Å². The van der Waals surface area contributed by atoms with Crippen LogP contribution in [0, 0.1) is 11.3 Å². The summed E-state index contributed by atoms with van der Waals surface area (Å²) in [5, 5.41) is 8.86. The number of ether oxygens (including phenoxy) is 1. The highest BCUT2D eigenvalue weighted by Gasteiger charge is 2.58. The van der Waals surface area contributed by atoms with Crippen molar-refractivity contribution >= 4 is 5.97 Å². The van der Waals surface area contributed by atoms with E-state index in [9.17, 15) is 26.7 Å². The maximum Gasteiger partial charge on any atom is 0.420 e. The number of alkyl halides is 5. The van der Waals surface area contributed by atoms with E-state index in [1.165, 1.54) is 0 Å². The Bertz CT molecular complexity index is 412. The second-order valence-corrected chi connectivity index (χ2v) is 6.74. The Balaban J connectivity index is 2.60. The summed E-state index contributed by atoms with van der Waals surface area (Å²) < 4.78 is 69.7. The molecule has 0 aromatic carbocycles. The van der Waals surface area contributed by atoms with E-state index < -0.39 is 41.6 Å². The Kier molecular flexibility index (Phi) is 6.04. The first-order valence-electron chi connectivity index (χ1n) is 7.66. The van der Waals surface area contributed by atoms with Crippen molar-refractivity contribution in [1.82, 2.24) is 0 Å². The lowest BCUT2D eigenvalue weighted by molar-refractivity contribution is -0.285. The van der Waals surface area contributed by atoms with E-state index in [0.29, 0.717) is 6.42 Å². The Hall–Kier alpha value is -0.920. The van der Waals surface area contributed by atoms with Crippen molar-refractivity contribution in [2.24, 2.45) is 11.3 Å². The zero-order valence-corrected chi connectivity index (χ0v) is 13.4. The summed E-state index contributed by atoms with van der Waals surface area (Å²) in [7, 11) is 0. The molecular weight excluding hydrogens is 323 g/mol. The van der Waals surface area contributed by atoms with Gasteiger partial charge in [-0.25, -0.2) is 8.78 Å². The zero-order chi connectivity index (χ0) is 18.1. The highest BCUT2D eigenvalue weighted by atomic mass is 19.4. The predicted octanol–water partition coefficient (Wildman–Crippen LogP) is 4.08. The van der Waals surface area contributed by atoms with E-state index in [-0.39, 0.29) is 25.7 Å². The molecule has 1 atom stereocenters. The second kappa shape index (κ2) is 6.91. The number of aliphatic hydroxyl groups is 1. The van der Waals surface area contributed by atoms with Crippen molar-refractivity contribution in [2.45, 2.75) is 77.2 Å². The summed E-state index contributed by atoms with van der Waals surface area (Å²) in [4.78, 5) is 11.9. The third-order valence-corrected chi connectivity index (χ3v) is 4.60. The Morgan fingerprint density at radius 1 is 1.13 bits per heavy atom. The maximum atomic E-state index is 13.8. The number of aliphatic hydroxyl groups excluding tert-OH is 1. The molecule has 1 fully saturated rings. The van der Waals surface area contributed by atoms with E-state index >= 15 is 0 Å². The summed E-state index contributed by atoms with van der Waals surface area (Å²) in [5.41, 5.74) is -0.687. The first-order valence-corrected chi connectivity index (χ1v) is 7.66. The molecule has 0 heterocycles. The van der Waals surface area contributed by atoms with Crippen LogP contribution in [0.15, 0.2) is 0 Å². The number of hydrogen-bond acceptors (Lipinski definition) is 3. The van der Waals surface area contributed by atoms with Crippen LogP contribution in [-0.2, 0) is 9.53 Å². The molecule has 1 N–H and O–H groups in total. The minimum Gasteiger partial charge on any atom is -0.462 e. The number of carbonyl (C=O) groups excluding carboxylic acids is 1. The third-order valence-electron chi connectivity index (χ3n) is 4.60. The Morgan fingerprint density at radius 3 is 2.00 bits per heavy atom. The normalized spacial score (nSPS) is 25.1. The molecule has 0 saturated heterocycles. The van der Waals surface area contributed by atoms with Gasteiger partial charge in [0.05, 0.1) is 5.41 Å². The van der Waals surface area contributed by atoms with Gasteiger partial charge in [0.2, 0.25) is 6.10 Å². The van der Waals surface area contributed by atoms with Crippen molar-refractivity contribution in [3.63, 3.8) is 0 Å². The van der Waals surface area contributed by atoms with Gasteiger partial charge in [-0.05, 0) is 46.0 Å². The van der Waals surface area contributed by atoms with Gasteiger partial charge in [0.1, 0.15) is 6.10 Å². The quantitative estimate of drug-likeness (QED) is 0.603. The van der Waals surface area contributed by atoms with Crippen LogP contribution in [0.3, 0.4) is 0 Å². The number of rotatable bonds is 5. The van der Waals surface area contributed by atoms with Crippen LogP contribution in [-0.4, -0.2) is 35.4 Å². The van der Waals surface area contributed by atoms with Crippen LogP contribution in [0.4, 0.5) is 22.0 Å². The van der Waals surface area contributed by atoms with Crippen molar-refractivity contribution in [1.29, 1.82) is 0 Å². The molecule has 1 rings (SSSR count). The lowest BCUT2D eigenvalue weighted by atomic mass is 9.81. The van der Waals surface area contributed by atoms with Gasteiger partial charge in [-0.15, -0.1) is 0 Å². The molecule has 0 bridgehead atoms. The van der Waals surface area contributed by atoms with Gasteiger partial charge in [0.15, 0.2) is 0 Å². The third kappa shape index (κ3) is 4.78. The molecule has 0 aromatic heterocycles. The highest BCUT2D eigenvalue weighted by Crippen LogP contribution is 2.44. The van der Waals surface area contributed by atoms with E-state index in [0.717, 1.165) is 0 Å². The number of hydrogen-bond donors (Lipinski definition) is 1. The average molecular weight is 346 g/mol. The molecule has 0 aliphatic heterocycles. The van der Waals surface area contributed by atoms with Crippen molar-refractivity contribution in [2.75, 3.05) is 0 Å². The van der Waals surface area contributed by atoms with E-state index in [1.54, 1.807) is 13.8 Å². The van der Waals surface area contributed by atoms with Crippen LogP contribution < -0.4 is 0 Å². The first-order chi connectivity index (χ1) is 10.3. The summed E-state index contributed by atoms with van der Waals surface area (Å²) in [5.74, 6) is -6.26. The highest BCUT2D eigenvalue weighted by molar-refractivity contribution is 5.75. The van der Waals surface area contributed by atoms with E-state index in [2.05, 4.69) is 0 Å². The number of halogens is 5. The van der Waals surface area contributed by atoms with Crippen LogP contribution >= 0.6 is 0 Å². The van der Waals surface area contributed by atoms with Crippen molar-refractivity contribution in [3.8, 4) is 0 Å². The molecule has 1 saturated carbocycles. The van der Waals surface area contributed by atoms with Gasteiger partial charge in [0.25, 0.3) is 5.92 Å². The Morgan fingerprint density at radius 2 is 1.61 bits per heavy atom. The van der Waals surface area contributed by atoms with Crippen molar-refractivity contribution in [3.05, 3.63) is 0 Å². The van der Waals surface area contributed by atoms with Gasteiger partial charge in [-0.1, -0.05) is 6.92 Å². The molecule has 1 aliphatic rings. The number of carbonyl (C=O) groups is 1. The fourth-order valence-electron chi connectivity index (χ4n) is 2.46. The molecule has 1 aliphatic carbocycles. The van der Waals surface area contributed by atoms with Gasteiger partial charge >= 0.3 is 12.1 Å². The molecule has 23 heavy (non-hydrogen) atoms. The summed E-state index contributed by atoms with van der Waals surface area (Å²) in [6.07, 6.45) is -9.38. The van der Waals surface area contributed by atoms with E-state index in [1.807, 2.05) is 6.92 Å². The molecule has 0 aromatic rings. The van der Waals surface area contributed by atoms with Gasteiger partial charge in [-0.3, -0.25) is 4.79 Å². The maximum absolute atomic E-state index is 13.8. The van der Waals surface area contributed by atoms with Crippen LogP contribution in [0.2, 0.25) is 0 Å². The van der Waals surface area contributed by atoms with Crippen molar-refractivity contribution < 1.29 is 36.6 Å². The minimum atomic E-state index is -5.36. The summed E-state index contributed by atoms with van der Waals surface area (Å²) >= 11 is 0. The molecule has 136 valence electrons. The minimum absolute atomic E-state index is 0.0658. The largest absolute Gasteiger partial charge is 0.462 e. The monoisotopic (exact) mass is 346 g/mol. The molecular formula is C15H23F5O3. The molecule has 0 spiro atoms. The van der Waals surface area contributed by atoms with Crippen LogP contribution in [0.5, 0.6) is 0 Å². The first kappa shape index (κ1) is 20.1. The van der Waals surface area contributed by atoms with Gasteiger partial charge in [0, 0.05) is 5.92 Å². The molecule has 1 unspecified atom stereocenters. The Labute approximate surface area is 132 Å². The molecule has 0 radical (unpaired) electrons. The predicted molar refractivity (Wildman–Crippen MR) is 72.9 cm³/mol. The topological polar surface area (TPSA) is 46.5 Å². The van der Waals surface area contributed by atoms with Crippen LogP contribution in [0.1, 0.15) is 52.9 Å². The smallest absolute Gasteiger partial charge is 0.420 e. The average Bonchev–Trinajstić information content (AvgIpc) is 2.45. The lowest BCUT2D eigenvalue weighted by Crippen LogP contribution is -2.50. The lowest BCUT2D eigenvalue weighted by Gasteiger charge is -2.36. The van der Waals surface area contributed by atoms with Gasteiger partial charge in [-0.2, -0.15) is 13.2 Å². The number of esters is 1. The van der Waals surface area contributed by atoms with E-state index in [4.69, 9.17) is 9.84 Å². The molecule has 8 heteroatoms. The molecule has 3 nitrogen and oxygen atoms in total. The summed E-state index contributed by atoms with van der Waals surface area (Å²) in [6, 6.07) is 0. The zero-order valence-electron chi connectivity index (χ0n) is 13.4. The van der Waals surface area contributed by atoms with Crippen LogP contribution in [0.25, 0.3) is 0 Å². The summed E-state index contributed by atoms with van der Waals surface area (Å²) in [6.45, 7) is 5.22. The fourth-order valence-corrected chi connectivity index (χ4v) is 2.46. The fraction of sp³-hybridized carbons (Fsp3) is 0.933.